The SMILES string of the molecule is Cc1ccccc1C1=C(COc2ccc(CCCC(=O)O)cc2)CCC1. The van der Waals surface area contributed by atoms with E-state index in [1.54, 1.807) is 0 Å². The van der Waals surface area contributed by atoms with Crippen LogP contribution in [0.25, 0.3) is 5.57 Å². The molecule has 0 spiro atoms. The van der Waals surface area contributed by atoms with E-state index in [9.17, 15) is 4.79 Å². The van der Waals surface area contributed by atoms with Crippen molar-refractivity contribution in [2.24, 2.45) is 0 Å². The maximum atomic E-state index is 10.6. The van der Waals surface area contributed by atoms with Crippen LogP contribution < -0.4 is 4.74 Å². The predicted octanol–water partition coefficient (Wildman–Crippen LogP) is 5.42. The van der Waals surface area contributed by atoms with E-state index in [2.05, 4.69) is 31.2 Å². The summed E-state index contributed by atoms with van der Waals surface area (Å²) in [5.74, 6) is 0.134. The summed E-state index contributed by atoms with van der Waals surface area (Å²) in [5.41, 5.74) is 6.70. The average Bonchev–Trinajstić information content (AvgIpc) is 3.09. The fourth-order valence-electron chi connectivity index (χ4n) is 3.57. The largest absolute Gasteiger partial charge is 0.489 e. The number of carbonyl (C=O) groups is 1. The fraction of sp³-hybridized carbons (Fsp3) is 0.348. The van der Waals surface area contributed by atoms with Crippen molar-refractivity contribution in [3.63, 3.8) is 0 Å². The molecule has 2 aromatic rings. The monoisotopic (exact) mass is 350 g/mol. The van der Waals surface area contributed by atoms with E-state index in [0.717, 1.165) is 30.6 Å². The Morgan fingerprint density at radius 1 is 1.08 bits per heavy atom. The summed E-state index contributed by atoms with van der Waals surface area (Å²) in [6.45, 7) is 2.81. The smallest absolute Gasteiger partial charge is 0.303 e. The van der Waals surface area contributed by atoms with Crippen LogP contribution in [-0.4, -0.2) is 17.7 Å². The molecule has 0 unspecified atom stereocenters. The number of rotatable bonds is 8. The molecule has 136 valence electrons. The lowest BCUT2D eigenvalue weighted by atomic mass is 9.98. The van der Waals surface area contributed by atoms with Gasteiger partial charge in [0.25, 0.3) is 0 Å². The number of carboxylic acid groups (broad SMARTS) is 1. The summed E-state index contributed by atoms with van der Waals surface area (Å²) in [5, 5.41) is 8.71. The molecular weight excluding hydrogens is 324 g/mol. The topological polar surface area (TPSA) is 46.5 Å². The van der Waals surface area contributed by atoms with Crippen LogP contribution in [0.1, 0.15) is 48.8 Å². The number of aliphatic carboxylic acids is 1. The summed E-state index contributed by atoms with van der Waals surface area (Å²) in [6, 6.07) is 16.6. The third-order valence-corrected chi connectivity index (χ3v) is 4.99. The predicted molar refractivity (Wildman–Crippen MR) is 104 cm³/mol. The van der Waals surface area contributed by atoms with Crippen molar-refractivity contribution in [3.05, 3.63) is 70.8 Å². The van der Waals surface area contributed by atoms with Gasteiger partial charge in [-0.25, -0.2) is 0 Å². The molecule has 3 heteroatoms. The number of carboxylic acids is 1. The van der Waals surface area contributed by atoms with Crippen molar-refractivity contribution in [1.29, 1.82) is 0 Å². The number of hydrogen-bond donors (Lipinski definition) is 1. The molecule has 0 saturated carbocycles. The van der Waals surface area contributed by atoms with Crippen LogP contribution in [0.4, 0.5) is 0 Å². The van der Waals surface area contributed by atoms with E-state index in [1.807, 2.05) is 24.3 Å². The Kier molecular flexibility index (Phi) is 6.11. The van der Waals surface area contributed by atoms with E-state index in [0.29, 0.717) is 13.0 Å². The van der Waals surface area contributed by atoms with E-state index in [4.69, 9.17) is 9.84 Å². The highest BCUT2D eigenvalue weighted by Gasteiger charge is 2.17. The quantitative estimate of drug-likeness (QED) is 0.691. The summed E-state index contributed by atoms with van der Waals surface area (Å²) >= 11 is 0. The van der Waals surface area contributed by atoms with Gasteiger partial charge < -0.3 is 9.84 Å². The third kappa shape index (κ3) is 4.75. The molecule has 1 N–H and O–H groups in total. The maximum Gasteiger partial charge on any atom is 0.303 e. The van der Waals surface area contributed by atoms with Crippen molar-refractivity contribution in [3.8, 4) is 5.75 Å². The second-order valence-electron chi connectivity index (χ2n) is 6.93. The zero-order chi connectivity index (χ0) is 18.4. The molecule has 1 aliphatic rings. The minimum Gasteiger partial charge on any atom is -0.489 e. The van der Waals surface area contributed by atoms with Gasteiger partial charge in [0, 0.05) is 6.42 Å². The van der Waals surface area contributed by atoms with Gasteiger partial charge in [0.15, 0.2) is 0 Å². The molecule has 0 heterocycles. The molecule has 2 aromatic carbocycles. The molecule has 0 bridgehead atoms. The molecule has 0 fully saturated rings. The first-order valence-electron chi connectivity index (χ1n) is 9.34. The minimum absolute atomic E-state index is 0.216. The molecule has 0 radical (unpaired) electrons. The highest BCUT2D eigenvalue weighted by molar-refractivity contribution is 5.73. The lowest BCUT2D eigenvalue weighted by Crippen LogP contribution is -2.02. The van der Waals surface area contributed by atoms with Gasteiger partial charge >= 0.3 is 5.97 Å². The second kappa shape index (κ2) is 8.70. The third-order valence-electron chi connectivity index (χ3n) is 4.99. The second-order valence-corrected chi connectivity index (χ2v) is 6.93. The first kappa shape index (κ1) is 18.2. The van der Waals surface area contributed by atoms with Gasteiger partial charge in [-0.3, -0.25) is 4.79 Å². The van der Waals surface area contributed by atoms with Crippen molar-refractivity contribution < 1.29 is 14.6 Å². The van der Waals surface area contributed by atoms with E-state index >= 15 is 0 Å². The number of hydrogen-bond acceptors (Lipinski definition) is 2. The zero-order valence-corrected chi connectivity index (χ0v) is 15.3. The van der Waals surface area contributed by atoms with Crippen LogP contribution >= 0.6 is 0 Å². The van der Waals surface area contributed by atoms with Crippen LogP contribution in [0, 0.1) is 6.92 Å². The van der Waals surface area contributed by atoms with Gasteiger partial charge in [0.05, 0.1) is 0 Å². The molecule has 0 saturated heterocycles. The lowest BCUT2D eigenvalue weighted by molar-refractivity contribution is -0.137. The highest BCUT2D eigenvalue weighted by Crippen LogP contribution is 2.35. The average molecular weight is 350 g/mol. The summed E-state index contributed by atoms with van der Waals surface area (Å²) < 4.78 is 6.03. The Bertz CT molecular complexity index is 787. The van der Waals surface area contributed by atoms with Gasteiger partial charge in [-0.15, -0.1) is 0 Å². The van der Waals surface area contributed by atoms with E-state index < -0.39 is 5.97 Å². The van der Waals surface area contributed by atoms with Crippen molar-refractivity contribution in [1.82, 2.24) is 0 Å². The molecular formula is C23H26O3. The van der Waals surface area contributed by atoms with Gasteiger partial charge in [0.1, 0.15) is 12.4 Å². The number of ether oxygens (including phenoxy) is 1. The number of allylic oxidation sites excluding steroid dienone is 1. The Morgan fingerprint density at radius 3 is 2.58 bits per heavy atom. The van der Waals surface area contributed by atoms with E-state index in [1.165, 1.54) is 28.7 Å². The minimum atomic E-state index is -0.737. The molecule has 3 nitrogen and oxygen atoms in total. The summed E-state index contributed by atoms with van der Waals surface area (Å²) in [7, 11) is 0. The van der Waals surface area contributed by atoms with E-state index in [-0.39, 0.29) is 6.42 Å². The Labute approximate surface area is 155 Å². The standard InChI is InChI=1S/C23H26O3/c1-17-6-2-3-9-21(17)22-10-5-8-19(22)16-26-20-14-12-18(13-15-20)7-4-11-23(24)25/h2-3,6,9,12-15H,4-5,7-8,10-11,16H2,1H3,(H,24,25). The molecule has 1 aliphatic carbocycles. The fourth-order valence-corrected chi connectivity index (χ4v) is 3.57. The van der Waals surface area contributed by atoms with Gasteiger partial charge in [0.2, 0.25) is 0 Å². The van der Waals surface area contributed by atoms with Crippen LogP contribution in [0.2, 0.25) is 0 Å². The molecule has 3 rings (SSSR count). The van der Waals surface area contributed by atoms with Crippen LogP contribution in [0.5, 0.6) is 5.75 Å². The van der Waals surface area contributed by atoms with Crippen molar-refractivity contribution >= 4 is 11.5 Å². The molecule has 0 aliphatic heterocycles. The zero-order valence-electron chi connectivity index (χ0n) is 15.3. The van der Waals surface area contributed by atoms with Gasteiger partial charge in [-0.05, 0) is 79.0 Å². The first-order chi connectivity index (χ1) is 12.6. The maximum absolute atomic E-state index is 10.6. The highest BCUT2D eigenvalue weighted by atomic mass is 16.5. The Morgan fingerprint density at radius 2 is 1.85 bits per heavy atom. The van der Waals surface area contributed by atoms with Crippen LogP contribution in [-0.2, 0) is 11.2 Å². The summed E-state index contributed by atoms with van der Waals surface area (Å²) in [4.78, 5) is 10.6. The Hall–Kier alpha value is -2.55. The van der Waals surface area contributed by atoms with Gasteiger partial charge in [-0.2, -0.15) is 0 Å². The lowest BCUT2D eigenvalue weighted by Gasteiger charge is -2.12. The normalized spacial score (nSPS) is 13.9. The van der Waals surface area contributed by atoms with Crippen molar-refractivity contribution in [2.45, 2.75) is 45.4 Å². The number of benzene rings is 2. The van der Waals surface area contributed by atoms with Crippen LogP contribution in [0.3, 0.4) is 0 Å². The first-order valence-corrected chi connectivity index (χ1v) is 9.34. The molecule has 0 aromatic heterocycles. The van der Waals surface area contributed by atoms with Crippen LogP contribution in [0.15, 0.2) is 54.1 Å². The molecule has 26 heavy (non-hydrogen) atoms. The molecule has 0 amide bonds. The summed E-state index contributed by atoms with van der Waals surface area (Å²) in [6.07, 6.45) is 5.11. The molecule has 0 atom stereocenters. The number of aryl methyl sites for hydroxylation is 2. The van der Waals surface area contributed by atoms with Crippen molar-refractivity contribution in [2.75, 3.05) is 6.61 Å². The Balaban J connectivity index is 1.60. The van der Waals surface area contributed by atoms with Gasteiger partial charge in [-0.1, -0.05) is 36.4 Å².